The summed E-state index contributed by atoms with van der Waals surface area (Å²) in [5.41, 5.74) is 2.61. The van der Waals surface area contributed by atoms with E-state index in [9.17, 15) is 0 Å². The molecule has 4 heteroatoms. The van der Waals surface area contributed by atoms with Crippen molar-refractivity contribution in [3.63, 3.8) is 0 Å². The first-order chi connectivity index (χ1) is 7.20. The van der Waals surface area contributed by atoms with E-state index in [0.29, 0.717) is 10.7 Å². The summed E-state index contributed by atoms with van der Waals surface area (Å²) in [5, 5.41) is 14.0. The highest BCUT2D eigenvalue weighted by molar-refractivity contribution is 6.30. The van der Waals surface area contributed by atoms with E-state index >= 15 is 0 Å². The summed E-state index contributed by atoms with van der Waals surface area (Å²) in [4.78, 5) is 0. The Morgan fingerprint density at radius 1 is 1.33 bits per heavy atom. The van der Waals surface area contributed by atoms with E-state index in [4.69, 9.17) is 16.7 Å². The molecule has 0 radical (unpaired) electrons. The lowest BCUT2D eigenvalue weighted by molar-refractivity contribution is 0.275. The summed E-state index contributed by atoms with van der Waals surface area (Å²) in [7, 11) is 0. The number of aliphatic hydroxyl groups excluding tert-OH is 1. The van der Waals surface area contributed by atoms with Crippen LogP contribution < -0.4 is 0 Å². The van der Waals surface area contributed by atoms with Crippen LogP contribution in [0.5, 0.6) is 0 Å². The van der Waals surface area contributed by atoms with E-state index in [1.54, 1.807) is 4.68 Å². The third-order valence-corrected chi connectivity index (χ3v) is 2.49. The van der Waals surface area contributed by atoms with Gasteiger partial charge in [0.05, 0.1) is 18.0 Å². The number of hydrogen-bond donors (Lipinski definition) is 1. The van der Waals surface area contributed by atoms with Crippen LogP contribution in [-0.2, 0) is 6.61 Å². The van der Waals surface area contributed by atoms with E-state index in [-0.39, 0.29) is 6.61 Å². The minimum atomic E-state index is -0.0353. The molecule has 0 unspecified atom stereocenters. The molecule has 2 aromatic rings. The Hall–Kier alpha value is -1.32. The number of aliphatic hydroxyl groups is 1. The van der Waals surface area contributed by atoms with Gasteiger partial charge in [-0.3, -0.25) is 0 Å². The van der Waals surface area contributed by atoms with Gasteiger partial charge in [0.1, 0.15) is 0 Å². The molecule has 0 spiro atoms. The maximum absolute atomic E-state index is 9.03. The molecule has 0 saturated heterocycles. The number of nitrogens with zero attached hydrogens (tertiary/aromatic N) is 2. The number of halogens is 1. The van der Waals surface area contributed by atoms with Crippen molar-refractivity contribution < 1.29 is 5.11 Å². The van der Waals surface area contributed by atoms with Crippen LogP contribution in [0.1, 0.15) is 11.3 Å². The fourth-order valence-electron chi connectivity index (χ4n) is 1.38. The Bertz CT molecular complexity index is 462. The SMILES string of the molecule is Cc1cn(-c2ccc(Cl)cc2)nc1CO. The molecule has 0 saturated carbocycles. The van der Waals surface area contributed by atoms with Crippen LogP contribution >= 0.6 is 11.6 Å². The van der Waals surface area contributed by atoms with Gasteiger partial charge in [0.2, 0.25) is 0 Å². The minimum Gasteiger partial charge on any atom is -0.390 e. The van der Waals surface area contributed by atoms with Crippen LogP contribution in [0.3, 0.4) is 0 Å². The quantitative estimate of drug-likeness (QED) is 0.847. The third kappa shape index (κ3) is 2.03. The molecule has 0 amide bonds. The van der Waals surface area contributed by atoms with Gasteiger partial charge in [-0.15, -0.1) is 0 Å². The normalized spacial score (nSPS) is 10.6. The lowest BCUT2D eigenvalue weighted by Crippen LogP contribution is -1.95. The molecule has 0 aliphatic heterocycles. The monoisotopic (exact) mass is 222 g/mol. The van der Waals surface area contributed by atoms with Gasteiger partial charge in [0, 0.05) is 11.2 Å². The van der Waals surface area contributed by atoms with Crippen molar-refractivity contribution in [1.82, 2.24) is 9.78 Å². The van der Waals surface area contributed by atoms with Crippen LogP contribution in [0.2, 0.25) is 5.02 Å². The first-order valence-corrected chi connectivity index (χ1v) is 5.00. The Kier molecular flexibility index (Phi) is 2.75. The van der Waals surface area contributed by atoms with Crippen LogP contribution in [-0.4, -0.2) is 14.9 Å². The molecule has 1 N–H and O–H groups in total. The fraction of sp³-hybridized carbons (Fsp3) is 0.182. The van der Waals surface area contributed by atoms with Crippen molar-refractivity contribution in [1.29, 1.82) is 0 Å². The van der Waals surface area contributed by atoms with Gasteiger partial charge in [-0.05, 0) is 36.8 Å². The summed E-state index contributed by atoms with van der Waals surface area (Å²) in [5.74, 6) is 0. The number of aryl methyl sites for hydroxylation is 1. The molecule has 1 aromatic heterocycles. The zero-order valence-electron chi connectivity index (χ0n) is 8.31. The number of hydrogen-bond acceptors (Lipinski definition) is 2. The second-order valence-corrected chi connectivity index (χ2v) is 3.77. The zero-order chi connectivity index (χ0) is 10.8. The van der Waals surface area contributed by atoms with Gasteiger partial charge in [-0.1, -0.05) is 11.6 Å². The fourth-order valence-corrected chi connectivity index (χ4v) is 1.50. The highest BCUT2D eigenvalue weighted by Crippen LogP contribution is 2.14. The van der Waals surface area contributed by atoms with Crippen molar-refractivity contribution in [2.75, 3.05) is 0 Å². The van der Waals surface area contributed by atoms with E-state index in [0.717, 1.165) is 11.3 Å². The van der Waals surface area contributed by atoms with E-state index in [2.05, 4.69) is 5.10 Å². The maximum Gasteiger partial charge on any atom is 0.0912 e. The van der Waals surface area contributed by atoms with Gasteiger partial charge in [-0.2, -0.15) is 5.10 Å². The molecule has 0 atom stereocenters. The summed E-state index contributed by atoms with van der Waals surface area (Å²) in [6, 6.07) is 7.39. The van der Waals surface area contributed by atoms with Gasteiger partial charge in [0.25, 0.3) is 0 Å². The van der Waals surface area contributed by atoms with Crippen molar-refractivity contribution in [2.45, 2.75) is 13.5 Å². The van der Waals surface area contributed by atoms with Gasteiger partial charge >= 0.3 is 0 Å². The topological polar surface area (TPSA) is 38.0 Å². The third-order valence-electron chi connectivity index (χ3n) is 2.24. The van der Waals surface area contributed by atoms with Crippen molar-refractivity contribution in [2.24, 2.45) is 0 Å². The Morgan fingerprint density at radius 3 is 2.53 bits per heavy atom. The zero-order valence-corrected chi connectivity index (χ0v) is 9.07. The first kappa shape index (κ1) is 10.2. The second kappa shape index (κ2) is 4.04. The van der Waals surface area contributed by atoms with Crippen LogP contribution in [0.15, 0.2) is 30.5 Å². The maximum atomic E-state index is 9.03. The molecule has 0 aliphatic rings. The summed E-state index contributed by atoms with van der Waals surface area (Å²) in [6.07, 6.45) is 1.88. The summed E-state index contributed by atoms with van der Waals surface area (Å²) in [6.45, 7) is 1.89. The van der Waals surface area contributed by atoms with Crippen LogP contribution in [0.25, 0.3) is 5.69 Å². The van der Waals surface area contributed by atoms with Gasteiger partial charge in [0.15, 0.2) is 0 Å². The minimum absolute atomic E-state index is 0.0353. The molecule has 0 fully saturated rings. The highest BCUT2D eigenvalue weighted by Gasteiger charge is 2.04. The van der Waals surface area contributed by atoms with Gasteiger partial charge in [-0.25, -0.2) is 4.68 Å². The molecule has 0 bridgehead atoms. The average molecular weight is 223 g/mol. The lowest BCUT2D eigenvalue weighted by Gasteiger charge is -2.00. The van der Waals surface area contributed by atoms with E-state index < -0.39 is 0 Å². The summed E-state index contributed by atoms with van der Waals surface area (Å²) < 4.78 is 1.73. The average Bonchev–Trinajstić information content (AvgIpc) is 2.61. The van der Waals surface area contributed by atoms with Crippen molar-refractivity contribution >= 4 is 11.6 Å². The smallest absolute Gasteiger partial charge is 0.0912 e. The number of aromatic nitrogens is 2. The number of rotatable bonds is 2. The van der Waals surface area contributed by atoms with Crippen LogP contribution in [0, 0.1) is 6.92 Å². The standard InChI is InChI=1S/C11H11ClN2O/c1-8-6-14(13-11(8)7-15)10-4-2-9(12)3-5-10/h2-6,15H,7H2,1H3. The van der Waals surface area contributed by atoms with E-state index in [1.807, 2.05) is 37.4 Å². The molecule has 2 rings (SSSR count). The largest absolute Gasteiger partial charge is 0.390 e. The Balaban J connectivity index is 2.41. The summed E-state index contributed by atoms with van der Waals surface area (Å²) >= 11 is 5.79. The molecule has 1 heterocycles. The predicted octanol–water partition coefficient (Wildman–Crippen LogP) is 2.33. The first-order valence-electron chi connectivity index (χ1n) is 4.62. The van der Waals surface area contributed by atoms with Gasteiger partial charge < -0.3 is 5.11 Å². The van der Waals surface area contributed by atoms with E-state index in [1.165, 1.54) is 0 Å². The number of benzene rings is 1. The molecule has 0 aliphatic carbocycles. The predicted molar refractivity (Wildman–Crippen MR) is 59.2 cm³/mol. The highest BCUT2D eigenvalue weighted by atomic mass is 35.5. The van der Waals surface area contributed by atoms with Crippen LogP contribution in [0.4, 0.5) is 0 Å². The molecule has 15 heavy (non-hydrogen) atoms. The Morgan fingerprint density at radius 2 is 2.00 bits per heavy atom. The molecule has 1 aromatic carbocycles. The molecular weight excluding hydrogens is 212 g/mol. The molecule has 3 nitrogen and oxygen atoms in total. The van der Waals surface area contributed by atoms with Crippen molar-refractivity contribution in [3.05, 3.63) is 46.7 Å². The molecular formula is C11H11ClN2O. The molecule has 78 valence electrons. The van der Waals surface area contributed by atoms with Crippen molar-refractivity contribution in [3.8, 4) is 5.69 Å². The Labute approximate surface area is 92.9 Å². The second-order valence-electron chi connectivity index (χ2n) is 3.34. The lowest BCUT2D eigenvalue weighted by atomic mass is 10.3.